The summed E-state index contributed by atoms with van der Waals surface area (Å²) in [4.78, 5) is 5.20. The molecule has 1 aromatic carbocycles. The lowest BCUT2D eigenvalue weighted by molar-refractivity contribution is -0.137. The lowest BCUT2D eigenvalue weighted by Crippen LogP contribution is -2.20. The standard InChI is InChI=1S/C16H11F3N4S/c17-16(18,19)11-5-3-10(4-6-11)13-8-12(14-2-1-7-24-14)22-15-20-9-21-23(13)15/h1-9,13H,(H,20,21,22)/t13-/m1/s1. The number of hydrogen-bond donors (Lipinski definition) is 1. The van der Waals surface area contributed by atoms with Gasteiger partial charge < -0.3 is 5.32 Å². The van der Waals surface area contributed by atoms with Gasteiger partial charge in [0.05, 0.1) is 16.1 Å². The highest BCUT2D eigenvalue weighted by molar-refractivity contribution is 7.11. The molecule has 122 valence electrons. The molecule has 0 saturated heterocycles. The number of allylic oxidation sites excluding steroid dienone is 1. The van der Waals surface area contributed by atoms with Gasteiger partial charge in [-0.2, -0.15) is 23.3 Å². The summed E-state index contributed by atoms with van der Waals surface area (Å²) < 4.78 is 39.9. The fraction of sp³-hybridized carbons (Fsp3) is 0.125. The molecule has 3 heterocycles. The van der Waals surface area contributed by atoms with Crippen LogP contribution in [-0.4, -0.2) is 14.8 Å². The number of aromatic nitrogens is 3. The highest BCUT2D eigenvalue weighted by atomic mass is 32.1. The molecular weight excluding hydrogens is 337 g/mol. The molecule has 1 N–H and O–H groups in total. The van der Waals surface area contributed by atoms with Gasteiger partial charge in [0.1, 0.15) is 12.4 Å². The minimum atomic E-state index is -4.34. The number of fused-ring (bicyclic) bond motifs is 1. The summed E-state index contributed by atoms with van der Waals surface area (Å²) in [5.41, 5.74) is 0.919. The second kappa shape index (κ2) is 5.48. The zero-order chi connectivity index (χ0) is 16.7. The highest BCUT2D eigenvalue weighted by Crippen LogP contribution is 2.35. The Balaban J connectivity index is 1.76. The van der Waals surface area contributed by atoms with E-state index in [0.717, 1.165) is 22.7 Å². The van der Waals surface area contributed by atoms with Gasteiger partial charge in [-0.3, -0.25) is 0 Å². The Morgan fingerprint density at radius 2 is 1.92 bits per heavy atom. The van der Waals surface area contributed by atoms with Crippen molar-refractivity contribution in [3.63, 3.8) is 0 Å². The first-order chi connectivity index (χ1) is 11.5. The van der Waals surface area contributed by atoms with Crippen molar-refractivity contribution in [2.75, 3.05) is 5.32 Å². The predicted octanol–water partition coefficient (Wildman–Crippen LogP) is 4.41. The molecule has 24 heavy (non-hydrogen) atoms. The van der Waals surface area contributed by atoms with E-state index >= 15 is 0 Å². The van der Waals surface area contributed by atoms with Gasteiger partial charge in [-0.05, 0) is 35.2 Å². The number of halogens is 3. The first kappa shape index (κ1) is 14.9. The maximum absolute atomic E-state index is 12.8. The van der Waals surface area contributed by atoms with Crippen LogP contribution in [0.4, 0.5) is 19.1 Å². The summed E-state index contributed by atoms with van der Waals surface area (Å²) in [5.74, 6) is 0.561. The molecule has 1 aliphatic heterocycles. The molecule has 0 unspecified atom stereocenters. The van der Waals surface area contributed by atoms with Gasteiger partial charge in [-0.25, -0.2) is 4.68 Å². The molecule has 1 atom stereocenters. The third kappa shape index (κ3) is 2.58. The molecule has 0 spiro atoms. The van der Waals surface area contributed by atoms with Crippen LogP contribution in [0.15, 0.2) is 54.2 Å². The van der Waals surface area contributed by atoms with Crippen molar-refractivity contribution in [3.8, 4) is 0 Å². The number of nitrogens with one attached hydrogen (secondary N) is 1. The van der Waals surface area contributed by atoms with Crippen LogP contribution in [0.5, 0.6) is 0 Å². The first-order valence-electron chi connectivity index (χ1n) is 7.12. The van der Waals surface area contributed by atoms with Crippen molar-refractivity contribution >= 4 is 23.0 Å². The van der Waals surface area contributed by atoms with E-state index in [9.17, 15) is 13.2 Å². The Labute approximate surface area is 139 Å². The highest BCUT2D eigenvalue weighted by Gasteiger charge is 2.31. The molecule has 0 amide bonds. The van der Waals surface area contributed by atoms with Crippen molar-refractivity contribution < 1.29 is 13.2 Å². The summed E-state index contributed by atoms with van der Waals surface area (Å²) in [6.07, 6.45) is -0.982. The van der Waals surface area contributed by atoms with E-state index in [-0.39, 0.29) is 6.04 Å². The molecule has 3 aromatic rings. The second-order valence-electron chi connectivity index (χ2n) is 5.28. The van der Waals surface area contributed by atoms with E-state index in [4.69, 9.17) is 0 Å². The number of nitrogens with zero attached hydrogens (tertiary/aromatic N) is 3. The minimum absolute atomic E-state index is 0.317. The zero-order valence-corrected chi connectivity index (χ0v) is 13.0. The zero-order valence-electron chi connectivity index (χ0n) is 12.2. The van der Waals surface area contributed by atoms with Crippen LogP contribution in [0, 0.1) is 0 Å². The topological polar surface area (TPSA) is 42.7 Å². The Morgan fingerprint density at radius 1 is 1.12 bits per heavy atom. The maximum Gasteiger partial charge on any atom is 0.416 e. The number of alkyl halides is 3. The Morgan fingerprint density at radius 3 is 2.58 bits per heavy atom. The van der Waals surface area contributed by atoms with Gasteiger partial charge in [0.15, 0.2) is 0 Å². The number of hydrogen-bond acceptors (Lipinski definition) is 4. The average Bonchev–Trinajstić information content (AvgIpc) is 3.24. The number of anilines is 1. The Hall–Kier alpha value is -2.61. The molecule has 0 bridgehead atoms. The van der Waals surface area contributed by atoms with E-state index in [1.54, 1.807) is 16.0 Å². The van der Waals surface area contributed by atoms with Crippen LogP contribution >= 0.6 is 11.3 Å². The molecule has 4 rings (SSSR count). The Kier molecular flexibility index (Phi) is 3.42. The summed E-state index contributed by atoms with van der Waals surface area (Å²) >= 11 is 1.57. The normalized spacial score (nSPS) is 17.1. The van der Waals surface area contributed by atoms with Gasteiger partial charge in [0, 0.05) is 0 Å². The van der Waals surface area contributed by atoms with Crippen LogP contribution in [0.2, 0.25) is 0 Å². The van der Waals surface area contributed by atoms with Crippen LogP contribution < -0.4 is 5.32 Å². The van der Waals surface area contributed by atoms with Gasteiger partial charge >= 0.3 is 6.18 Å². The molecule has 0 aliphatic carbocycles. The van der Waals surface area contributed by atoms with Crippen molar-refractivity contribution in [3.05, 3.63) is 70.2 Å². The molecular formula is C16H11F3N4S. The fourth-order valence-electron chi connectivity index (χ4n) is 2.62. The number of thiophene rings is 1. The van der Waals surface area contributed by atoms with Gasteiger partial charge in [-0.15, -0.1) is 11.3 Å². The molecule has 2 aromatic heterocycles. The van der Waals surface area contributed by atoms with E-state index in [0.29, 0.717) is 11.5 Å². The van der Waals surface area contributed by atoms with Gasteiger partial charge in [0.2, 0.25) is 5.95 Å². The summed E-state index contributed by atoms with van der Waals surface area (Å²) in [5, 5.41) is 9.34. The van der Waals surface area contributed by atoms with Crippen LogP contribution in [0.1, 0.15) is 22.0 Å². The minimum Gasteiger partial charge on any atom is -0.323 e. The molecule has 4 nitrogen and oxygen atoms in total. The summed E-state index contributed by atoms with van der Waals surface area (Å²) in [7, 11) is 0. The first-order valence-corrected chi connectivity index (χ1v) is 8.00. The predicted molar refractivity (Wildman–Crippen MR) is 85.5 cm³/mol. The largest absolute Gasteiger partial charge is 0.416 e. The lowest BCUT2D eigenvalue weighted by Gasteiger charge is -2.24. The average molecular weight is 348 g/mol. The molecule has 0 fully saturated rings. The SMILES string of the molecule is FC(F)(F)c1ccc([C@H]2C=C(c3cccs3)Nc3ncnn32)cc1. The number of rotatable bonds is 2. The van der Waals surface area contributed by atoms with E-state index in [2.05, 4.69) is 15.4 Å². The maximum atomic E-state index is 12.8. The van der Waals surface area contributed by atoms with Gasteiger partial charge in [-0.1, -0.05) is 18.2 Å². The van der Waals surface area contributed by atoms with Crippen LogP contribution in [0.25, 0.3) is 5.70 Å². The van der Waals surface area contributed by atoms with E-state index in [1.165, 1.54) is 18.5 Å². The van der Waals surface area contributed by atoms with E-state index in [1.807, 2.05) is 23.6 Å². The molecule has 0 radical (unpaired) electrons. The molecule has 0 saturated carbocycles. The van der Waals surface area contributed by atoms with Crippen LogP contribution in [0.3, 0.4) is 0 Å². The monoisotopic (exact) mass is 348 g/mol. The summed E-state index contributed by atoms with van der Waals surface area (Å²) in [6, 6.07) is 8.73. The quantitative estimate of drug-likeness (QED) is 0.746. The third-order valence-electron chi connectivity index (χ3n) is 3.77. The van der Waals surface area contributed by atoms with Gasteiger partial charge in [0.25, 0.3) is 0 Å². The molecule has 8 heteroatoms. The Bertz CT molecular complexity index is 879. The smallest absolute Gasteiger partial charge is 0.323 e. The van der Waals surface area contributed by atoms with Crippen molar-refractivity contribution in [2.24, 2.45) is 0 Å². The second-order valence-corrected chi connectivity index (χ2v) is 6.22. The van der Waals surface area contributed by atoms with Crippen molar-refractivity contribution in [2.45, 2.75) is 12.2 Å². The number of benzene rings is 1. The van der Waals surface area contributed by atoms with Crippen molar-refractivity contribution in [1.82, 2.24) is 14.8 Å². The van der Waals surface area contributed by atoms with E-state index < -0.39 is 11.7 Å². The third-order valence-corrected chi connectivity index (χ3v) is 4.68. The van der Waals surface area contributed by atoms with Crippen molar-refractivity contribution in [1.29, 1.82) is 0 Å². The summed E-state index contributed by atoms with van der Waals surface area (Å²) in [6.45, 7) is 0. The fourth-order valence-corrected chi connectivity index (χ4v) is 3.32. The van der Waals surface area contributed by atoms with Crippen LogP contribution in [-0.2, 0) is 6.18 Å². The lowest BCUT2D eigenvalue weighted by atomic mass is 10.0. The molecule has 1 aliphatic rings.